The number of amides is 1. The van der Waals surface area contributed by atoms with Gasteiger partial charge >= 0.3 is 5.97 Å². The van der Waals surface area contributed by atoms with Crippen molar-refractivity contribution in [2.75, 3.05) is 6.54 Å². The number of carbonyl (C=O) groups is 2. The van der Waals surface area contributed by atoms with Gasteiger partial charge in [-0.05, 0) is 6.42 Å². The van der Waals surface area contributed by atoms with Gasteiger partial charge in [-0.25, -0.2) is 4.79 Å². The fraction of sp³-hybridized carbons (Fsp3) is 0.500. The van der Waals surface area contributed by atoms with Crippen molar-refractivity contribution in [2.45, 2.75) is 18.9 Å². The predicted molar refractivity (Wildman–Crippen MR) is 47.4 cm³/mol. The molecule has 4 nitrogen and oxygen atoms in total. The summed E-state index contributed by atoms with van der Waals surface area (Å²) < 4.78 is 0. The Morgan fingerprint density at radius 3 is 2.85 bits per heavy atom. The van der Waals surface area contributed by atoms with Gasteiger partial charge in [0.05, 0.1) is 6.54 Å². The second-order valence-electron chi connectivity index (χ2n) is 2.93. The summed E-state index contributed by atoms with van der Waals surface area (Å²) in [6.07, 6.45) is 0.638. The number of nitrogens with zero attached hydrogens (tertiary/aromatic N) is 1. The van der Waals surface area contributed by atoms with Gasteiger partial charge in [0.25, 0.3) is 0 Å². The maximum absolute atomic E-state index is 11.2. The Hall–Kier alpha value is -1.03. The van der Waals surface area contributed by atoms with E-state index in [0.29, 0.717) is 6.42 Å². The number of carboxylic acids is 1. The van der Waals surface area contributed by atoms with E-state index >= 15 is 0 Å². The fourth-order valence-corrected chi connectivity index (χ4v) is 1.50. The van der Waals surface area contributed by atoms with E-state index < -0.39 is 12.0 Å². The molecule has 0 bridgehead atoms. The first kappa shape index (κ1) is 10.1. The number of carbonyl (C=O) groups excluding carboxylic acids is 1. The van der Waals surface area contributed by atoms with Crippen molar-refractivity contribution in [3.63, 3.8) is 0 Å². The third kappa shape index (κ3) is 2.21. The van der Waals surface area contributed by atoms with Crippen LogP contribution in [-0.2, 0) is 9.59 Å². The van der Waals surface area contributed by atoms with Crippen LogP contribution in [0.5, 0.6) is 0 Å². The minimum absolute atomic E-state index is 0.122. The standard InChI is InChI=1S/C8H10ClNO3/c1-5(9)4-10-6(8(12)13)2-3-7(10)11/h6H,1-4H2,(H,12,13). The van der Waals surface area contributed by atoms with Crippen LogP contribution in [0.2, 0.25) is 0 Å². The Kier molecular flexibility index (Phi) is 2.93. The van der Waals surface area contributed by atoms with Crippen LogP contribution in [0, 0.1) is 0 Å². The Bertz CT molecular complexity index is 264. The van der Waals surface area contributed by atoms with Crippen molar-refractivity contribution in [1.29, 1.82) is 0 Å². The van der Waals surface area contributed by atoms with E-state index in [4.69, 9.17) is 16.7 Å². The molecule has 0 radical (unpaired) electrons. The zero-order chi connectivity index (χ0) is 10.0. The van der Waals surface area contributed by atoms with Crippen molar-refractivity contribution in [2.24, 2.45) is 0 Å². The third-order valence-electron chi connectivity index (χ3n) is 1.96. The summed E-state index contributed by atoms with van der Waals surface area (Å²) in [4.78, 5) is 23.1. The first-order chi connectivity index (χ1) is 6.02. The van der Waals surface area contributed by atoms with Crippen LogP contribution in [0.15, 0.2) is 11.6 Å². The minimum Gasteiger partial charge on any atom is -0.480 e. The van der Waals surface area contributed by atoms with Crippen molar-refractivity contribution < 1.29 is 14.7 Å². The zero-order valence-corrected chi connectivity index (χ0v) is 7.75. The molecule has 1 unspecified atom stereocenters. The number of aliphatic carboxylic acids is 1. The Morgan fingerprint density at radius 2 is 2.38 bits per heavy atom. The molecule has 13 heavy (non-hydrogen) atoms. The second-order valence-corrected chi connectivity index (χ2v) is 3.47. The largest absolute Gasteiger partial charge is 0.480 e. The van der Waals surface area contributed by atoms with E-state index in [0.717, 1.165) is 0 Å². The monoisotopic (exact) mass is 203 g/mol. The van der Waals surface area contributed by atoms with Crippen molar-refractivity contribution in [3.05, 3.63) is 11.6 Å². The van der Waals surface area contributed by atoms with Gasteiger partial charge in [-0.1, -0.05) is 18.2 Å². The molecule has 1 saturated heterocycles. The lowest BCUT2D eigenvalue weighted by Gasteiger charge is -2.20. The molecule has 1 aliphatic rings. The lowest BCUT2D eigenvalue weighted by Crippen LogP contribution is -2.39. The molecule has 1 amide bonds. The van der Waals surface area contributed by atoms with Crippen molar-refractivity contribution in [3.8, 4) is 0 Å². The van der Waals surface area contributed by atoms with Crippen LogP contribution >= 0.6 is 11.6 Å². The first-order valence-electron chi connectivity index (χ1n) is 3.88. The normalized spacial score (nSPS) is 22.1. The average molecular weight is 204 g/mol. The molecule has 0 aromatic heterocycles. The molecule has 1 N–H and O–H groups in total. The summed E-state index contributed by atoms with van der Waals surface area (Å²) in [5.41, 5.74) is 0. The maximum Gasteiger partial charge on any atom is 0.326 e. The van der Waals surface area contributed by atoms with Gasteiger partial charge in [-0.15, -0.1) is 0 Å². The number of hydrogen-bond donors (Lipinski definition) is 1. The molecule has 0 spiro atoms. The van der Waals surface area contributed by atoms with Gasteiger partial charge in [0, 0.05) is 11.5 Å². The third-order valence-corrected chi connectivity index (χ3v) is 2.07. The predicted octanol–water partition coefficient (Wildman–Crippen LogP) is 0.815. The average Bonchev–Trinajstić information content (AvgIpc) is 2.32. The van der Waals surface area contributed by atoms with Crippen LogP contribution in [0.3, 0.4) is 0 Å². The van der Waals surface area contributed by atoms with Crippen LogP contribution in [-0.4, -0.2) is 34.5 Å². The van der Waals surface area contributed by atoms with Gasteiger partial charge in [-0.3, -0.25) is 4.79 Å². The van der Waals surface area contributed by atoms with Gasteiger partial charge in [0.15, 0.2) is 0 Å². The molecule has 0 saturated carbocycles. The quantitative estimate of drug-likeness (QED) is 0.739. The second kappa shape index (κ2) is 3.79. The molecule has 72 valence electrons. The van der Waals surface area contributed by atoms with Crippen LogP contribution in [0.25, 0.3) is 0 Å². The lowest BCUT2D eigenvalue weighted by atomic mass is 10.2. The molecule has 1 fully saturated rings. The number of rotatable bonds is 3. The topological polar surface area (TPSA) is 57.6 Å². The van der Waals surface area contributed by atoms with Crippen LogP contribution < -0.4 is 0 Å². The van der Waals surface area contributed by atoms with E-state index in [-0.39, 0.29) is 23.9 Å². The molecule has 5 heteroatoms. The first-order valence-corrected chi connectivity index (χ1v) is 4.25. The summed E-state index contributed by atoms with van der Waals surface area (Å²) in [6, 6.07) is -0.733. The highest BCUT2D eigenvalue weighted by atomic mass is 35.5. The van der Waals surface area contributed by atoms with Crippen LogP contribution in [0.1, 0.15) is 12.8 Å². The van der Waals surface area contributed by atoms with E-state index in [1.54, 1.807) is 0 Å². The Labute approximate surface area is 80.8 Å². The van der Waals surface area contributed by atoms with E-state index in [1.165, 1.54) is 4.90 Å². The summed E-state index contributed by atoms with van der Waals surface area (Å²) in [6.45, 7) is 3.55. The highest BCUT2D eigenvalue weighted by Gasteiger charge is 2.35. The van der Waals surface area contributed by atoms with Crippen molar-refractivity contribution >= 4 is 23.5 Å². The smallest absolute Gasteiger partial charge is 0.326 e. The van der Waals surface area contributed by atoms with Crippen LogP contribution in [0.4, 0.5) is 0 Å². The van der Waals surface area contributed by atoms with Gasteiger partial charge in [0.2, 0.25) is 5.91 Å². The highest BCUT2D eigenvalue weighted by molar-refractivity contribution is 6.29. The van der Waals surface area contributed by atoms with Gasteiger partial charge in [-0.2, -0.15) is 0 Å². The molecule has 0 aliphatic carbocycles. The van der Waals surface area contributed by atoms with E-state index in [1.807, 2.05) is 0 Å². The number of halogens is 1. The molecule has 1 atom stereocenters. The summed E-state index contributed by atoms with van der Waals surface area (Å²) in [5.74, 6) is -1.15. The zero-order valence-electron chi connectivity index (χ0n) is 6.99. The number of carboxylic acid groups (broad SMARTS) is 1. The highest BCUT2D eigenvalue weighted by Crippen LogP contribution is 2.20. The summed E-state index contributed by atoms with van der Waals surface area (Å²) in [7, 11) is 0. The Balaban J connectivity index is 2.71. The SMILES string of the molecule is C=C(Cl)CN1C(=O)CCC1C(=O)O. The van der Waals surface area contributed by atoms with E-state index in [9.17, 15) is 9.59 Å². The molecule has 1 rings (SSSR count). The molecule has 1 aliphatic heterocycles. The van der Waals surface area contributed by atoms with Gasteiger partial charge < -0.3 is 10.0 Å². The number of hydrogen-bond acceptors (Lipinski definition) is 2. The van der Waals surface area contributed by atoms with Gasteiger partial charge in [0.1, 0.15) is 6.04 Å². The molecular formula is C8H10ClNO3. The van der Waals surface area contributed by atoms with Crippen molar-refractivity contribution in [1.82, 2.24) is 4.90 Å². The van der Waals surface area contributed by atoms with E-state index in [2.05, 4.69) is 6.58 Å². The minimum atomic E-state index is -0.983. The Morgan fingerprint density at radius 1 is 1.77 bits per heavy atom. The molecule has 0 aromatic carbocycles. The summed E-state index contributed by atoms with van der Waals surface area (Å²) in [5, 5.41) is 9.03. The number of likely N-dealkylation sites (tertiary alicyclic amines) is 1. The lowest BCUT2D eigenvalue weighted by molar-refractivity contribution is -0.145. The fourth-order valence-electron chi connectivity index (χ4n) is 1.37. The summed E-state index contributed by atoms with van der Waals surface area (Å²) >= 11 is 5.51. The molecule has 0 aromatic rings. The molecule has 1 heterocycles. The maximum atomic E-state index is 11.2. The molecular weight excluding hydrogens is 194 g/mol.